The van der Waals surface area contributed by atoms with Gasteiger partial charge in [-0.25, -0.2) is 0 Å². The third-order valence-electron chi connectivity index (χ3n) is 3.10. The number of rotatable bonds is 7. The Morgan fingerprint density at radius 2 is 1.62 bits per heavy atom. The van der Waals surface area contributed by atoms with E-state index in [2.05, 4.69) is 0 Å². The fraction of sp³-hybridized carbons (Fsp3) is 0.400. The first-order valence-electron chi connectivity index (χ1n) is 6.53. The summed E-state index contributed by atoms with van der Waals surface area (Å²) in [6.07, 6.45) is 1.34. The van der Waals surface area contributed by atoms with E-state index in [1.54, 1.807) is 13.8 Å². The lowest BCUT2D eigenvalue weighted by molar-refractivity contribution is 0.0979. The van der Waals surface area contributed by atoms with Crippen LogP contribution in [0.5, 0.6) is 0 Å². The summed E-state index contributed by atoms with van der Waals surface area (Å²) in [5, 5.41) is -1.59. The van der Waals surface area contributed by atoms with Gasteiger partial charge in [-0.2, -0.15) is 0 Å². The summed E-state index contributed by atoms with van der Waals surface area (Å²) in [6, 6.07) is 2.79. The number of carbonyl (C=O) groups is 3. The first-order valence-corrected chi connectivity index (χ1v) is 7.78. The van der Waals surface area contributed by atoms with E-state index < -0.39 is 16.5 Å². The molecule has 6 heteroatoms. The molecular weight excluding hydrogens is 335 g/mol. The summed E-state index contributed by atoms with van der Waals surface area (Å²) in [5.74, 6) is -0.846. The second kappa shape index (κ2) is 7.92. The Balaban J connectivity index is 3.45. The Kier molecular flexibility index (Phi) is 6.85. The maximum Gasteiger partial charge on any atom is 0.182 e. The molecule has 0 fully saturated rings. The lowest BCUT2D eigenvalue weighted by Gasteiger charge is -2.14. The number of ketones is 2. The van der Waals surface area contributed by atoms with E-state index in [0.29, 0.717) is 19.1 Å². The number of alkyl halides is 2. The number of benzene rings is 1. The zero-order chi connectivity index (χ0) is 16.2. The average molecular weight is 350 g/mol. The van der Waals surface area contributed by atoms with Gasteiger partial charge < -0.3 is 0 Å². The monoisotopic (exact) mass is 348 g/mol. The van der Waals surface area contributed by atoms with Crippen LogP contribution in [0.25, 0.3) is 0 Å². The Labute approximate surface area is 138 Å². The van der Waals surface area contributed by atoms with Crippen LogP contribution in [0.4, 0.5) is 0 Å². The number of Topliss-reactive ketones (excluding diaryl/α,β-unsaturated/α-hetero) is 2. The summed E-state index contributed by atoms with van der Waals surface area (Å²) in [7, 11) is 0. The molecule has 0 aliphatic carbocycles. The summed E-state index contributed by atoms with van der Waals surface area (Å²) < 4.78 is 0. The normalized spacial score (nSPS) is 13.6. The van der Waals surface area contributed by atoms with Crippen molar-refractivity contribution >= 4 is 52.7 Å². The Hall–Kier alpha value is -0.900. The van der Waals surface area contributed by atoms with Crippen LogP contribution >= 0.6 is 34.8 Å². The van der Waals surface area contributed by atoms with E-state index in [4.69, 9.17) is 34.8 Å². The van der Waals surface area contributed by atoms with Crippen molar-refractivity contribution in [2.24, 2.45) is 0 Å². The van der Waals surface area contributed by atoms with Gasteiger partial charge >= 0.3 is 0 Å². The number of carbonyl (C=O) groups excluding carboxylic acids is 3. The number of aldehydes is 1. The SMILES string of the molecule is CCC(Cl)C(=O)c1ccc(C=O)c(C(=O)C(Cl)CC)c1Cl. The largest absolute Gasteiger partial charge is 0.298 e. The summed E-state index contributed by atoms with van der Waals surface area (Å²) in [6.45, 7) is 3.51. The molecule has 1 aromatic carbocycles. The van der Waals surface area contributed by atoms with E-state index in [-0.39, 0.29) is 27.5 Å². The van der Waals surface area contributed by atoms with Crippen molar-refractivity contribution in [3.05, 3.63) is 33.8 Å². The van der Waals surface area contributed by atoms with Gasteiger partial charge in [-0.05, 0) is 18.9 Å². The van der Waals surface area contributed by atoms with Gasteiger partial charge in [0, 0.05) is 16.7 Å². The second-order valence-corrected chi connectivity index (χ2v) is 5.92. The van der Waals surface area contributed by atoms with Crippen molar-refractivity contribution in [3.8, 4) is 0 Å². The molecule has 1 rings (SSSR count). The smallest absolute Gasteiger partial charge is 0.182 e. The summed E-state index contributed by atoms with van der Waals surface area (Å²) >= 11 is 18.0. The Bertz CT molecular complexity index is 570. The number of hydrogen-bond acceptors (Lipinski definition) is 3. The van der Waals surface area contributed by atoms with Crippen LogP contribution in [-0.4, -0.2) is 28.6 Å². The minimum absolute atomic E-state index is 0.0145. The minimum Gasteiger partial charge on any atom is -0.298 e. The number of hydrogen-bond donors (Lipinski definition) is 0. The molecule has 0 radical (unpaired) electrons. The molecule has 0 N–H and O–H groups in total. The predicted octanol–water partition coefficient (Wildman–Crippen LogP) is 4.55. The highest BCUT2D eigenvalue weighted by Gasteiger charge is 2.27. The van der Waals surface area contributed by atoms with Gasteiger partial charge in [-0.15, -0.1) is 23.2 Å². The fourth-order valence-electron chi connectivity index (χ4n) is 1.83. The lowest BCUT2D eigenvalue weighted by Crippen LogP contribution is -2.20. The van der Waals surface area contributed by atoms with Crippen molar-refractivity contribution in [1.82, 2.24) is 0 Å². The first kappa shape index (κ1) is 18.1. The number of halogens is 3. The van der Waals surface area contributed by atoms with Gasteiger partial charge in [0.05, 0.1) is 15.8 Å². The summed E-state index contributed by atoms with van der Waals surface area (Å²) in [4.78, 5) is 35.5. The highest BCUT2D eigenvalue weighted by atomic mass is 35.5. The topological polar surface area (TPSA) is 51.2 Å². The van der Waals surface area contributed by atoms with Gasteiger partial charge in [0.15, 0.2) is 17.9 Å². The zero-order valence-corrected chi connectivity index (χ0v) is 13.9. The molecule has 2 unspecified atom stereocenters. The lowest BCUT2D eigenvalue weighted by atomic mass is 9.95. The van der Waals surface area contributed by atoms with Crippen LogP contribution in [0.15, 0.2) is 12.1 Å². The molecule has 0 aliphatic heterocycles. The summed E-state index contributed by atoms with van der Waals surface area (Å²) in [5.41, 5.74) is 0.232. The van der Waals surface area contributed by atoms with Gasteiger partial charge in [0.25, 0.3) is 0 Å². The fourth-order valence-corrected chi connectivity index (χ4v) is 2.41. The van der Waals surface area contributed by atoms with E-state index in [1.807, 2.05) is 0 Å². The second-order valence-electron chi connectivity index (χ2n) is 4.49. The molecule has 0 amide bonds. The molecule has 0 saturated carbocycles. The highest BCUT2D eigenvalue weighted by Crippen LogP contribution is 2.29. The van der Waals surface area contributed by atoms with E-state index in [9.17, 15) is 14.4 Å². The van der Waals surface area contributed by atoms with Gasteiger partial charge in [0.1, 0.15) is 0 Å². The Morgan fingerprint density at radius 3 is 2.10 bits per heavy atom. The molecule has 0 heterocycles. The maximum atomic E-state index is 12.3. The van der Waals surface area contributed by atoms with E-state index in [0.717, 1.165) is 0 Å². The molecule has 114 valence electrons. The van der Waals surface area contributed by atoms with Crippen LogP contribution in [-0.2, 0) is 0 Å². The molecule has 3 nitrogen and oxygen atoms in total. The molecule has 21 heavy (non-hydrogen) atoms. The van der Waals surface area contributed by atoms with Crippen LogP contribution in [0, 0.1) is 0 Å². The molecular formula is C15H15Cl3O3. The van der Waals surface area contributed by atoms with Crippen molar-refractivity contribution in [2.45, 2.75) is 37.4 Å². The van der Waals surface area contributed by atoms with Crippen LogP contribution in [0.2, 0.25) is 5.02 Å². The quantitative estimate of drug-likeness (QED) is 0.412. The molecule has 2 atom stereocenters. The maximum absolute atomic E-state index is 12.3. The van der Waals surface area contributed by atoms with Crippen molar-refractivity contribution in [2.75, 3.05) is 0 Å². The van der Waals surface area contributed by atoms with Crippen molar-refractivity contribution in [1.29, 1.82) is 0 Å². The first-order chi connectivity index (χ1) is 9.88. The molecule has 0 saturated heterocycles. The molecule has 0 aliphatic rings. The average Bonchev–Trinajstić information content (AvgIpc) is 2.51. The zero-order valence-electron chi connectivity index (χ0n) is 11.7. The van der Waals surface area contributed by atoms with E-state index >= 15 is 0 Å². The third-order valence-corrected chi connectivity index (χ3v) is 4.51. The third kappa shape index (κ3) is 3.85. The van der Waals surface area contributed by atoms with Crippen molar-refractivity contribution < 1.29 is 14.4 Å². The standard InChI is InChI=1S/C15H15Cl3O3/c1-3-10(16)14(20)9-6-5-8(7-19)12(13(9)18)15(21)11(17)4-2/h5-7,10-11H,3-4H2,1-2H3. The van der Waals surface area contributed by atoms with Crippen molar-refractivity contribution in [3.63, 3.8) is 0 Å². The predicted molar refractivity (Wildman–Crippen MR) is 85.4 cm³/mol. The van der Waals surface area contributed by atoms with Crippen LogP contribution in [0.3, 0.4) is 0 Å². The Morgan fingerprint density at radius 1 is 1.10 bits per heavy atom. The molecule has 1 aromatic rings. The van der Waals surface area contributed by atoms with E-state index in [1.165, 1.54) is 12.1 Å². The van der Waals surface area contributed by atoms with Gasteiger partial charge in [-0.3, -0.25) is 14.4 Å². The minimum atomic E-state index is -0.801. The van der Waals surface area contributed by atoms with Gasteiger partial charge in [0.2, 0.25) is 0 Å². The van der Waals surface area contributed by atoms with Crippen LogP contribution < -0.4 is 0 Å². The molecule has 0 aromatic heterocycles. The molecule has 0 bridgehead atoms. The van der Waals surface area contributed by atoms with Gasteiger partial charge in [-0.1, -0.05) is 31.5 Å². The molecule has 0 spiro atoms. The van der Waals surface area contributed by atoms with Crippen LogP contribution in [0.1, 0.15) is 57.8 Å². The highest BCUT2D eigenvalue weighted by molar-refractivity contribution is 6.43.